The minimum Gasteiger partial charge on any atom is -0.399 e. The largest absolute Gasteiger partial charge is 0.496 e. The highest BCUT2D eigenvalue weighted by atomic mass is 16.7. The van der Waals surface area contributed by atoms with Gasteiger partial charge in [-0.05, 0) is 39.3 Å². The molecule has 2 saturated heterocycles. The van der Waals surface area contributed by atoms with Crippen LogP contribution in [0.3, 0.4) is 0 Å². The topological polar surface area (TPSA) is 51.5 Å². The Morgan fingerprint density at radius 2 is 1.76 bits per heavy atom. The number of hydrogen-bond donors (Lipinski definition) is 0. The van der Waals surface area contributed by atoms with Gasteiger partial charge in [0, 0.05) is 11.4 Å². The molecule has 2 aliphatic rings. The molecule has 0 radical (unpaired) electrons. The lowest BCUT2D eigenvalue weighted by molar-refractivity contribution is 0.00578. The smallest absolute Gasteiger partial charge is 0.399 e. The highest BCUT2D eigenvalue weighted by molar-refractivity contribution is 6.62. The Balaban J connectivity index is 1.96. The van der Waals surface area contributed by atoms with Crippen LogP contribution in [0.5, 0.6) is 0 Å². The summed E-state index contributed by atoms with van der Waals surface area (Å²) in [6.45, 7) is 9.56. The predicted molar refractivity (Wildman–Crippen MR) is 80.4 cm³/mol. The van der Waals surface area contributed by atoms with Gasteiger partial charge in [-0.1, -0.05) is 12.1 Å². The van der Waals surface area contributed by atoms with Crippen LogP contribution < -0.4 is 5.46 Å². The maximum atomic E-state index is 9.35. The van der Waals surface area contributed by atoms with Gasteiger partial charge in [0.15, 0.2) is 0 Å². The molecule has 110 valence electrons. The van der Waals surface area contributed by atoms with Crippen molar-refractivity contribution in [2.75, 3.05) is 13.2 Å². The van der Waals surface area contributed by atoms with E-state index in [0.29, 0.717) is 11.5 Å². The Kier molecular flexibility index (Phi) is 3.36. The first-order chi connectivity index (χ1) is 9.84. The number of nitriles is 1. The average Bonchev–Trinajstić information content (AvgIpc) is 2.56. The molecule has 4 nitrogen and oxygen atoms in total. The van der Waals surface area contributed by atoms with Gasteiger partial charge >= 0.3 is 7.12 Å². The van der Waals surface area contributed by atoms with Crippen molar-refractivity contribution >= 4 is 12.6 Å². The van der Waals surface area contributed by atoms with Gasteiger partial charge in [0.2, 0.25) is 0 Å². The molecule has 3 rings (SSSR count). The van der Waals surface area contributed by atoms with Gasteiger partial charge in [0.25, 0.3) is 0 Å². The van der Waals surface area contributed by atoms with Crippen LogP contribution in [0.2, 0.25) is 0 Å². The first-order valence-electron chi connectivity index (χ1n) is 7.31. The fraction of sp³-hybridized carbons (Fsp3) is 0.562. The molecule has 2 fully saturated rings. The fourth-order valence-electron chi connectivity index (χ4n) is 2.53. The van der Waals surface area contributed by atoms with Crippen molar-refractivity contribution in [3.8, 4) is 6.07 Å². The molecule has 21 heavy (non-hydrogen) atoms. The molecule has 0 atom stereocenters. The minimum absolute atomic E-state index is 0.403. The summed E-state index contributed by atoms with van der Waals surface area (Å²) in [5.74, 6) is 0.416. The Labute approximate surface area is 126 Å². The number of nitrogens with zero attached hydrogens (tertiary/aromatic N) is 1. The SMILES string of the molecule is CC1(C)OB(c2cc(C3COC3)ccc2C#N)OC1(C)C. The summed E-state index contributed by atoms with van der Waals surface area (Å²) in [6.07, 6.45) is 0. The summed E-state index contributed by atoms with van der Waals surface area (Å²) in [4.78, 5) is 0. The lowest BCUT2D eigenvalue weighted by atomic mass is 9.74. The van der Waals surface area contributed by atoms with Gasteiger partial charge in [-0.2, -0.15) is 5.26 Å². The van der Waals surface area contributed by atoms with Gasteiger partial charge in [-0.25, -0.2) is 0 Å². The van der Waals surface area contributed by atoms with E-state index in [1.807, 2.05) is 45.9 Å². The Morgan fingerprint density at radius 1 is 1.14 bits per heavy atom. The molecule has 2 heterocycles. The zero-order valence-corrected chi connectivity index (χ0v) is 13.0. The summed E-state index contributed by atoms with van der Waals surface area (Å²) in [5.41, 5.74) is 1.81. The van der Waals surface area contributed by atoms with Gasteiger partial charge in [0.1, 0.15) is 0 Å². The van der Waals surface area contributed by atoms with Crippen LogP contribution in [0.15, 0.2) is 18.2 Å². The van der Waals surface area contributed by atoms with Crippen molar-refractivity contribution in [3.63, 3.8) is 0 Å². The van der Waals surface area contributed by atoms with Crippen LogP contribution in [0.1, 0.15) is 44.7 Å². The molecular weight excluding hydrogens is 265 g/mol. The first kappa shape index (κ1) is 14.6. The second-order valence-corrected chi connectivity index (χ2v) is 6.78. The Hall–Kier alpha value is -1.35. The normalized spacial score (nSPS) is 23.7. The van der Waals surface area contributed by atoms with Crippen molar-refractivity contribution in [3.05, 3.63) is 29.3 Å². The molecule has 1 aromatic carbocycles. The zero-order valence-electron chi connectivity index (χ0n) is 13.0. The number of ether oxygens (including phenoxy) is 1. The van der Waals surface area contributed by atoms with Gasteiger partial charge in [0.05, 0.1) is 36.0 Å². The van der Waals surface area contributed by atoms with Crippen LogP contribution in [0, 0.1) is 11.3 Å². The molecule has 0 aliphatic carbocycles. The van der Waals surface area contributed by atoms with Crippen molar-refractivity contribution in [1.29, 1.82) is 5.26 Å². The van der Waals surface area contributed by atoms with E-state index < -0.39 is 18.3 Å². The van der Waals surface area contributed by atoms with E-state index in [4.69, 9.17) is 14.0 Å². The fourth-order valence-corrected chi connectivity index (χ4v) is 2.53. The maximum absolute atomic E-state index is 9.35. The first-order valence-corrected chi connectivity index (χ1v) is 7.31. The molecule has 0 saturated carbocycles. The molecule has 0 amide bonds. The van der Waals surface area contributed by atoms with Crippen LogP contribution >= 0.6 is 0 Å². The van der Waals surface area contributed by atoms with Gasteiger partial charge in [-0.15, -0.1) is 0 Å². The minimum atomic E-state index is -0.495. The lowest BCUT2D eigenvalue weighted by Gasteiger charge is -2.32. The molecule has 0 spiro atoms. The average molecular weight is 285 g/mol. The predicted octanol–water partition coefficient (Wildman–Crippen LogP) is 1.97. The third-order valence-corrected chi connectivity index (χ3v) is 4.81. The van der Waals surface area contributed by atoms with E-state index in [0.717, 1.165) is 18.7 Å². The van der Waals surface area contributed by atoms with E-state index in [2.05, 4.69) is 6.07 Å². The summed E-state index contributed by atoms with van der Waals surface area (Å²) in [7, 11) is -0.495. The van der Waals surface area contributed by atoms with E-state index in [-0.39, 0.29) is 0 Å². The molecule has 0 unspecified atom stereocenters. The van der Waals surface area contributed by atoms with Gasteiger partial charge < -0.3 is 14.0 Å². The number of hydrogen-bond acceptors (Lipinski definition) is 4. The second kappa shape index (κ2) is 4.84. The van der Waals surface area contributed by atoms with Crippen molar-refractivity contribution < 1.29 is 14.0 Å². The molecule has 5 heteroatoms. The maximum Gasteiger partial charge on any atom is 0.496 e. The van der Waals surface area contributed by atoms with Crippen LogP contribution in [0.25, 0.3) is 0 Å². The van der Waals surface area contributed by atoms with Crippen LogP contribution in [-0.4, -0.2) is 31.5 Å². The van der Waals surface area contributed by atoms with E-state index in [1.54, 1.807) is 0 Å². The Bertz CT molecular complexity index is 586. The quantitative estimate of drug-likeness (QED) is 0.780. The van der Waals surface area contributed by atoms with Gasteiger partial charge in [-0.3, -0.25) is 0 Å². The zero-order chi connectivity index (χ0) is 15.3. The Morgan fingerprint density at radius 3 is 2.24 bits per heavy atom. The summed E-state index contributed by atoms with van der Waals surface area (Å²) in [5, 5.41) is 9.35. The van der Waals surface area contributed by atoms with Crippen molar-refractivity contribution in [1.82, 2.24) is 0 Å². The summed E-state index contributed by atoms with van der Waals surface area (Å²) in [6, 6.07) is 8.13. The molecule has 1 aromatic rings. The lowest BCUT2D eigenvalue weighted by Crippen LogP contribution is -2.41. The second-order valence-electron chi connectivity index (χ2n) is 6.78. The third kappa shape index (κ3) is 2.38. The van der Waals surface area contributed by atoms with Crippen LogP contribution in [-0.2, 0) is 14.0 Å². The van der Waals surface area contributed by atoms with E-state index in [1.165, 1.54) is 5.56 Å². The van der Waals surface area contributed by atoms with Crippen LogP contribution in [0.4, 0.5) is 0 Å². The van der Waals surface area contributed by atoms with E-state index >= 15 is 0 Å². The van der Waals surface area contributed by atoms with E-state index in [9.17, 15) is 5.26 Å². The van der Waals surface area contributed by atoms with Crippen molar-refractivity contribution in [2.45, 2.75) is 44.8 Å². The molecule has 2 aliphatic heterocycles. The summed E-state index contributed by atoms with van der Waals surface area (Å²) >= 11 is 0. The molecular formula is C16H20BNO3. The molecule has 0 N–H and O–H groups in total. The monoisotopic (exact) mass is 285 g/mol. The summed E-state index contributed by atoms with van der Waals surface area (Å²) < 4.78 is 17.4. The number of rotatable bonds is 2. The molecule has 0 bridgehead atoms. The third-order valence-electron chi connectivity index (χ3n) is 4.81. The standard InChI is InChI=1S/C16H20BNO3/c1-15(2)16(3,4)21-17(20-15)14-7-11(13-9-19-10-13)5-6-12(14)8-18/h5-7,13H,9-10H2,1-4H3. The van der Waals surface area contributed by atoms with Crippen molar-refractivity contribution in [2.24, 2.45) is 0 Å². The molecule has 0 aromatic heterocycles. The highest BCUT2D eigenvalue weighted by Crippen LogP contribution is 2.37. The number of benzene rings is 1. The highest BCUT2D eigenvalue weighted by Gasteiger charge is 2.52.